The van der Waals surface area contributed by atoms with E-state index in [0.29, 0.717) is 6.04 Å². The minimum Gasteiger partial charge on any atom is -0.302 e. The predicted molar refractivity (Wildman–Crippen MR) is 82.9 cm³/mol. The van der Waals surface area contributed by atoms with E-state index < -0.39 is 0 Å². The highest BCUT2D eigenvalue weighted by Crippen LogP contribution is 2.40. The van der Waals surface area contributed by atoms with Gasteiger partial charge in [-0.2, -0.15) is 0 Å². The monoisotopic (exact) mass is 289 g/mol. The van der Waals surface area contributed by atoms with Gasteiger partial charge in [-0.25, -0.2) is 4.98 Å². The molecule has 2 heterocycles. The molecule has 1 amide bonds. The van der Waals surface area contributed by atoms with Crippen molar-refractivity contribution < 1.29 is 4.79 Å². The molecule has 1 unspecified atom stereocenters. The molecule has 20 heavy (non-hydrogen) atoms. The Morgan fingerprint density at radius 2 is 2.55 bits per heavy atom. The van der Waals surface area contributed by atoms with Crippen LogP contribution in [0, 0.1) is 0 Å². The zero-order valence-corrected chi connectivity index (χ0v) is 12.5. The third-order valence-electron chi connectivity index (χ3n) is 3.84. The number of carbonyl (C=O) groups is 1. The number of fused-ring (bicyclic) bond motifs is 3. The second kappa shape index (κ2) is 5.50. The van der Waals surface area contributed by atoms with Crippen molar-refractivity contribution in [2.75, 3.05) is 18.4 Å². The lowest BCUT2D eigenvalue weighted by atomic mass is 9.87. The van der Waals surface area contributed by atoms with E-state index in [0.717, 1.165) is 43.2 Å². The van der Waals surface area contributed by atoms with Gasteiger partial charge in [0.15, 0.2) is 5.13 Å². The van der Waals surface area contributed by atoms with Gasteiger partial charge >= 0.3 is 0 Å². The number of hydrogen-bond acceptors (Lipinski definition) is 4. The maximum atomic E-state index is 11.2. The van der Waals surface area contributed by atoms with Gasteiger partial charge in [0.1, 0.15) is 0 Å². The summed E-state index contributed by atoms with van der Waals surface area (Å²) in [6.07, 6.45) is 7.53. The first-order valence-corrected chi connectivity index (χ1v) is 7.83. The minimum atomic E-state index is -0.0569. The van der Waals surface area contributed by atoms with Crippen molar-refractivity contribution in [3.8, 4) is 0 Å². The van der Waals surface area contributed by atoms with Gasteiger partial charge in [0.25, 0.3) is 0 Å². The topological polar surface area (TPSA) is 45.2 Å². The summed E-state index contributed by atoms with van der Waals surface area (Å²) in [4.78, 5) is 19.6. The van der Waals surface area contributed by atoms with Crippen LogP contribution in [0.15, 0.2) is 18.7 Å². The lowest BCUT2D eigenvalue weighted by Gasteiger charge is -2.37. The number of hydrogen-bond donors (Lipinski definition) is 1. The van der Waals surface area contributed by atoms with E-state index in [1.54, 1.807) is 11.3 Å². The highest BCUT2D eigenvalue weighted by molar-refractivity contribution is 7.16. The Kier molecular flexibility index (Phi) is 3.72. The molecule has 0 saturated heterocycles. The Bertz CT molecular complexity index is 576. The molecular weight excluding hydrogens is 270 g/mol. The van der Waals surface area contributed by atoms with E-state index in [1.165, 1.54) is 17.4 Å². The first kappa shape index (κ1) is 13.5. The number of aryl methyl sites for hydroxylation is 1. The summed E-state index contributed by atoms with van der Waals surface area (Å²) in [6.45, 7) is 7.40. The molecule has 0 aromatic carbocycles. The lowest BCUT2D eigenvalue weighted by Crippen LogP contribution is -2.41. The van der Waals surface area contributed by atoms with Crippen molar-refractivity contribution in [2.24, 2.45) is 0 Å². The molecule has 1 N–H and O–H groups in total. The number of carbonyl (C=O) groups excluding carboxylic acids is 1. The highest BCUT2D eigenvalue weighted by Gasteiger charge is 2.32. The van der Waals surface area contributed by atoms with Gasteiger partial charge in [-0.3, -0.25) is 9.69 Å². The molecule has 0 radical (unpaired) electrons. The summed E-state index contributed by atoms with van der Waals surface area (Å²) < 4.78 is 0. The van der Waals surface area contributed by atoms with E-state index >= 15 is 0 Å². The number of nitrogens with zero attached hydrogens (tertiary/aromatic N) is 2. The van der Waals surface area contributed by atoms with Crippen LogP contribution in [0.2, 0.25) is 0 Å². The molecule has 0 bridgehead atoms. The molecule has 5 heteroatoms. The fourth-order valence-electron chi connectivity index (χ4n) is 3.07. The van der Waals surface area contributed by atoms with Crippen LogP contribution in [0.1, 0.15) is 30.3 Å². The van der Waals surface area contributed by atoms with Crippen LogP contribution in [0.5, 0.6) is 0 Å². The number of rotatable bonds is 3. The van der Waals surface area contributed by atoms with Crippen molar-refractivity contribution in [1.29, 1.82) is 0 Å². The first-order valence-electron chi connectivity index (χ1n) is 7.01. The van der Waals surface area contributed by atoms with Gasteiger partial charge in [0, 0.05) is 30.9 Å². The number of nitrogens with one attached hydrogen (secondary N) is 1. The maximum absolute atomic E-state index is 11.2. The molecule has 2 aliphatic rings. The average molecular weight is 289 g/mol. The molecule has 0 spiro atoms. The molecule has 4 nitrogen and oxygen atoms in total. The SMILES string of the molecule is C=CCN1CCC=C2c3nc(NC(C)=O)sc3CCC21. The van der Waals surface area contributed by atoms with Crippen LogP contribution in [0.4, 0.5) is 5.13 Å². The molecular formula is C15H19N3OS. The number of anilines is 1. The maximum Gasteiger partial charge on any atom is 0.223 e. The Balaban J connectivity index is 1.91. The van der Waals surface area contributed by atoms with Gasteiger partial charge in [-0.1, -0.05) is 12.2 Å². The Morgan fingerprint density at radius 1 is 1.70 bits per heavy atom. The summed E-state index contributed by atoms with van der Waals surface area (Å²) in [5.74, 6) is -0.0569. The smallest absolute Gasteiger partial charge is 0.223 e. The van der Waals surface area contributed by atoms with Gasteiger partial charge in [-0.15, -0.1) is 17.9 Å². The highest BCUT2D eigenvalue weighted by atomic mass is 32.1. The van der Waals surface area contributed by atoms with Crippen molar-refractivity contribution in [3.05, 3.63) is 29.3 Å². The zero-order valence-electron chi connectivity index (χ0n) is 11.7. The molecule has 106 valence electrons. The molecule has 1 aromatic rings. The van der Waals surface area contributed by atoms with E-state index in [-0.39, 0.29) is 5.91 Å². The van der Waals surface area contributed by atoms with Crippen LogP contribution >= 0.6 is 11.3 Å². The van der Waals surface area contributed by atoms with Crippen LogP contribution in [0.3, 0.4) is 0 Å². The third kappa shape index (κ3) is 2.43. The van der Waals surface area contributed by atoms with Gasteiger partial charge < -0.3 is 5.32 Å². The Morgan fingerprint density at radius 3 is 3.30 bits per heavy atom. The van der Waals surface area contributed by atoms with Crippen LogP contribution in [0.25, 0.3) is 5.57 Å². The second-order valence-corrected chi connectivity index (χ2v) is 6.34. The largest absolute Gasteiger partial charge is 0.302 e. The number of amides is 1. The van der Waals surface area contributed by atoms with Crippen LogP contribution in [-0.2, 0) is 11.2 Å². The molecule has 1 aliphatic carbocycles. The summed E-state index contributed by atoms with van der Waals surface area (Å²) >= 11 is 1.61. The average Bonchev–Trinajstić information content (AvgIpc) is 2.81. The van der Waals surface area contributed by atoms with Crippen molar-refractivity contribution in [1.82, 2.24) is 9.88 Å². The summed E-state index contributed by atoms with van der Waals surface area (Å²) in [5, 5.41) is 3.53. The molecule has 0 fully saturated rings. The molecule has 3 rings (SSSR count). The van der Waals surface area contributed by atoms with Crippen molar-refractivity contribution in [2.45, 2.75) is 32.2 Å². The molecule has 1 atom stereocenters. The molecule has 1 aromatic heterocycles. The minimum absolute atomic E-state index is 0.0569. The summed E-state index contributed by atoms with van der Waals surface area (Å²) in [7, 11) is 0. The second-order valence-electron chi connectivity index (χ2n) is 5.26. The van der Waals surface area contributed by atoms with Crippen LogP contribution < -0.4 is 5.32 Å². The normalized spacial score (nSPS) is 21.6. The zero-order chi connectivity index (χ0) is 14.1. The van der Waals surface area contributed by atoms with Gasteiger partial charge in [0.05, 0.1) is 5.69 Å². The molecule has 1 aliphatic heterocycles. The first-order chi connectivity index (χ1) is 9.69. The molecule has 0 saturated carbocycles. The van der Waals surface area contributed by atoms with Crippen molar-refractivity contribution in [3.63, 3.8) is 0 Å². The fourth-order valence-corrected chi connectivity index (χ4v) is 4.12. The predicted octanol–water partition coefficient (Wildman–Crippen LogP) is 2.69. The standard InChI is InChI=1S/C15H19N3OS/c1-3-8-18-9-4-5-11-12(18)6-7-13-14(11)17-15(20-13)16-10(2)19/h3,5,12H,1,4,6-9H2,2H3,(H,16,17,19). The van der Waals surface area contributed by atoms with E-state index in [2.05, 4.69) is 27.9 Å². The van der Waals surface area contributed by atoms with E-state index in [4.69, 9.17) is 0 Å². The lowest BCUT2D eigenvalue weighted by molar-refractivity contribution is -0.114. The van der Waals surface area contributed by atoms with Crippen molar-refractivity contribution >= 4 is 27.9 Å². The third-order valence-corrected chi connectivity index (χ3v) is 4.87. The van der Waals surface area contributed by atoms with Gasteiger partial charge in [-0.05, 0) is 24.8 Å². The number of thiazole rings is 1. The van der Waals surface area contributed by atoms with E-state index in [1.807, 2.05) is 6.08 Å². The van der Waals surface area contributed by atoms with Gasteiger partial charge in [0.2, 0.25) is 5.91 Å². The van der Waals surface area contributed by atoms with E-state index in [9.17, 15) is 4.79 Å². The fraction of sp³-hybridized carbons (Fsp3) is 0.467. The summed E-state index contributed by atoms with van der Waals surface area (Å²) in [5.41, 5.74) is 2.44. The summed E-state index contributed by atoms with van der Waals surface area (Å²) in [6, 6.07) is 0.460. The quantitative estimate of drug-likeness (QED) is 0.870. The van der Waals surface area contributed by atoms with Crippen LogP contribution in [-0.4, -0.2) is 34.9 Å². The Labute approximate surface area is 123 Å². The number of aromatic nitrogens is 1. The Hall–Kier alpha value is -1.46.